The van der Waals surface area contributed by atoms with E-state index in [1.807, 2.05) is 25.1 Å². The van der Waals surface area contributed by atoms with Gasteiger partial charge in [0.1, 0.15) is 0 Å². The molecule has 0 aliphatic heterocycles. The summed E-state index contributed by atoms with van der Waals surface area (Å²) in [7, 11) is 1.56. The molecular formula is C13H14BrN3O2. The molecule has 0 aliphatic carbocycles. The fourth-order valence-corrected chi connectivity index (χ4v) is 2.23. The van der Waals surface area contributed by atoms with E-state index in [0.717, 1.165) is 15.7 Å². The molecular weight excluding hydrogens is 310 g/mol. The average molecular weight is 324 g/mol. The van der Waals surface area contributed by atoms with Crippen LogP contribution in [0.4, 0.5) is 11.6 Å². The van der Waals surface area contributed by atoms with Gasteiger partial charge < -0.3 is 10.1 Å². The number of benzene rings is 1. The first-order chi connectivity index (χ1) is 9.08. The molecule has 0 bridgehead atoms. The highest BCUT2D eigenvalue weighted by Gasteiger charge is 2.04. The van der Waals surface area contributed by atoms with Crippen molar-refractivity contribution in [1.82, 2.24) is 9.97 Å². The second-order valence-corrected chi connectivity index (χ2v) is 4.98. The lowest BCUT2D eigenvalue weighted by Gasteiger charge is -2.09. The third kappa shape index (κ3) is 3.65. The number of anilines is 2. The standard InChI is InChI=1S/C13H14BrN3O2/c1-8-3-4-11(10(14)5-8)16-13-15-9(7-19-2)6-12(18)17-13/h3-6H,7H2,1-2H3,(H2,15,16,17,18). The minimum atomic E-state index is -0.215. The maximum absolute atomic E-state index is 11.5. The Hall–Kier alpha value is -1.66. The van der Waals surface area contributed by atoms with Crippen LogP contribution in [0.3, 0.4) is 0 Å². The number of H-pyrrole nitrogens is 1. The first-order valence-corrected chi connectivity index (χ1v) is 6.50. The highest BCUT2D eigenvalue weighted by Crippen LogP contribution is 2.25. The lowest BCUT2D eigenvalue weighted by molar-refractivity contribution is 0.181. The molecule has 5 nitrogen and oxygen atoms in total. The number of rotatable bonds is 4. The fourth-order valence-electron chi connectivity index (χ4n) is 1.64. The lowest BCUT2D eigenvalue weighted by Crippen LogP contribution is -2.12. The average Bonchev–Trinajstić information content (AvgIpc) is 2.32. The van der Waals surface area contributed by atoms with E-state index in [9.17, 15) is 4.79 Å². The third-order valence-electron chi connectivity index (χ3n) is 2.46. The quantitative estimate of drug-likeness (QED) is 0.907. The number of aromatic nitrogens is 2. The van der Waals surface area contributed by atoms with E-state index in [1.165, 1.54) is 6.07 Å². The molecule has 1 aromatic heterocycles. The maximum atomic E-state index is 11.5. The van der Waals surface area contributed by atoms with Gasteiger partial charge in [0.15, 0.2) is 0 Å². The van der Waals surface area contributed by atoms with Crippen LogP contribution in [0.15, 0.2) is 33.5 Å². The fraction of sp³-hybridized carbons (Fsp3) is 0.231. The normalized spacial score (nSPS) is 10.5. The summed E-state index contributed by atoms with van der Waals surface area (Å²) in [5.74, 6) is 0.393. The molecule has 1 aromatic carbocycles. The summed E-state index contributed by atoms with van der Waals surface area (Å²) >= 11 is 3.47. The Labute approximate surface area is 119 Å². The first-order valence-electron chi connectivity index (χ1n) is 5.71. The predicted molar refractivity (Wildman–Crippen MR) is 77.7 cm³/mol. The van der Waals surface area contributed by atoms with E-state index >= 15 is 0 Å². The molecule has 0 amide bonds. The summed E-state index contributed by atoms with van der Waals surface area (Å²) in [6, 6.07) is 7.30. The molecule has 0 aliphatic rings. The summed E-state index contributed by atoms with van der Waals surface area (Å²) < 4.78 is 5.88. The van der Waals surface area contributed by atoms with Gasteiger partial charge in [0.05, 0.1) is 18.0 Å². The second kappa shape index (κ2) is 5.99. The topological polar surface area (TPSA) is 67.0 Å². The molecule has 0 radical (unpaired) electrons. The van der Waals surface area contributed by atoms with Gasteiger partial charge in [0.2, 0.25) is 5.95 Å². The Balaban J connectivity index is 2.30. The van der Waals surface area contributed by atoms with Crippen molar-refractivity contribution in [2.24, 2.45) is 0 Å². The highest BCUT2D eigenvalue weighted by molar-refractivity contribution is 9.10. The van der Waals surface area contributed by atoms with Crippen molar-refractivity contribution in [1.29, 1.82) is 0 Å². The Bertz CT molecular complexity index is 640. The molecule has 2 rings (SSSR count). The van der Waals surface area contributed by atoms with Crippen LogP contribution >= 0.6 is 15.9 Å². The summed E-state index contributed by atoms with van der Waals surface area (Å²) in [6.07, 6.45) is 0. The molecule has 0 saturated heterocycles. The van der Waals surface area contributed by atoms with Gasteiger partial charge in [-0.3, -0.25) is 9.78 Å². The van der Waals surface area contributed by atoms with Crippen molar-refractivity contribution in [3.63, 3.8) is 0 Å². The van der Waals surface area contributed by atoms with Crippen LogP contribution in [0.1, 0.15) is 11.3 Å². The summed E-state index contributed by atoms with van der Waals surface area (Å²) in [5.41, 5.74) is 2.35. The molecule has 6 heteroatoms. The zero-order chi connectivity index (χ0) is 13.8. The molecule has 2 aromatic rings. The van der Waals surface area contributed by atoms with E-state index in [-0.39, 0.29) is 5.56 Å². The molecule has 0 saturated carbocycles. The number of aryl methyl sites for hydroxylation is 1. The van der Waals surface area contributed by atoms with Crippen LogP contribution in [0.2, 0.25) is 0 Å². The van der Waals surface area contributed by atoms with Crippen molar-refractivity contribution >= 4 is 27.6 Å². The number of halogens is 1. The van der Waals surface area contributed by atoms with Gasteiger partial charge in [-0.1, -0.05) is 6.07 Å². The van der Waals surface area contributed by atoms with Crippen molar-refractivity contribution < 1.29 is 4.74 Å². The lowest BCUT2D eigenvalue weighted by atomic mass is 10.2. The van der Waals surface area contributed by atoms with E-state index in [1.54, 1.807) is 7.11 Å². The molecule has 19 heavy (non-hydrogen) atoms. The molecule has 2 N–H and O–H groups in total. The van der Waals surface area contributed by atoms with Crippen LogP contribution < -0.4 is 10.9 Å². The van der Waals surface area contributed by atoms with Gasteiger partial charge >= 0.3 is 0 Å². The van der Waals surface area contributed by atoms with Gasteiger partial charge in [-0.15, -0.1) is 0 Å². The Kier molecular flexibility index (Phi) is 4.34. The number of aromatic amines is 1. The Morgan fingerprint density at radius 1 is 1.42 bits per heavy atom. The predicted octanol–water partition coefficient (Wildman–Crippen LogP) is 2.73. The minimum Gasteiger partial charge on any atom is -0.378 e. The highest BCUT2D eigenvalue weighted by atomic mass is 79.9. The van der Waals surface area contributed by atoms with E-state index in [0.29, 0.717) is 18.2 Å². The number of nitrogens with one attached hydrogen (secondary N) is 2. The zero-order valence-corrected chi connectivity index (χ0v) is 12.2. The van der Waals surface area contributed by atoms with Crippen molar-refractivity contribution in [3.05, 3.63) is 50.3 Å². The van der Waals surface area contributed by atoms with Crippen LogP contribution in [0.25, 0.3) is 0 Å². The molecule has 0 fully saturated rings. The monoisotopic (exact) mass is 323 g/mol. The summed E-state index contributed by atoms with van der Waals surface area (Å²) in [6.45, 7) is 2.31. The maximum Gasteiger partial charge on any atom is 0.252 e. The van der Waals surface area contributed by atoms with Crippen LogP contribution in [-0.2, 0) is 11.3 Å². The summed E-state index contributed by atoms with van der Waals surface area (Å²) in [4.78, 5) is 18.4. The molecule has 0 atom stereocenters. The molecule has 0 unspecified atom stereocenters. The summed E-state index contributed by atoms with van der Waals surface area (Å²) in [5, 5.41) is 3.07. The minimum absolute atomic E-state index is 0.215. The second-order valence-electron chi connectivity index (χ2n) is 4.13. The third-order valence-corrected chi connectivity index (χ3v) is 3.12. The van der Waals surface area contributed by atoms with Crippen molar-refractivity contribution in [2.75, 3.05) is 12.4 Å². The van der Waals surface area contributed by atoms with E-state index < -0.39 is 0 Å². The van der Waals surface area contributed by atoms with Crippen molar-refractivity contribution in [3.8, 4) is 0 Å². The van der Waals surface area contributed by atoms with Crippen molar-refractivity contribution in [2.45, 2.75) is 13.5 Å². The molecule has 100 valence electrons. The first kappa shape index (κ1) is 13.8. The van der Waals surface area contributed by atoms with Gasteiger partial charge in [0.25, 0.3) is 5.56 Å². The molecule has 0 spiro atoms. The smallest absolute Gasteiger partial charge is 0.252 e. The van der Waals surface area contributed by atoms with Gasteiger partial charge in [0, 0.05) is 17.6 Å². The number of hydrogen-bond acceptors (Lipinski definition) is 4. The zero-order valence-electron chi connectivity index (χ0n) is 10.7. The van der Waals surface area contributed by atoms with E-state index in [4.69, 9.17) is 4.74 Å². The molecule has 1 heterocycles. The number of ether oxygens (including phenoxy) is 1. The van der Waals surface area contributed by atoms with Crippen LogP contribution in [0, 0.1) is 6.92 Å². The van der Waals surface area contributed by atoms with Crippen LogP contribution in [0.5, 0.6) is 0 Å². The van der Waals surface area contributed by atoms with E-state index in [2.05, 4.69) is 31.2 Å². The number of methoxy groups -OCH3 is 1. The van der Waals surface area contributed by atoms with Gasteiger partial charge in [-0.2, -0.15) is 0 Å². The largest absolute Gasteiger partial charge is 0.378 e. The SMILES string of the molecule is COCc1cc(=O)[nH]c(Nc2ccc(C)cc2Br)n1. The van der Waals surface area contributed by atoms with Gasteiger partial charge in [-0.05, 0) is 40.5 Å². The number of hydrogen-bond donors (Lipinski definition) is 2. The Morgan fingerprint density at radius 2 is 2.21 bits per heavy atom. The Morgan fingerprint density at radius 3 is 2.89 bits per heavy atom. The van der Waals surface area contributed by atoms with Gasteiger partial charge in [-0.25, -0.2) is 4.98 Å². The van der Waals surface area contributed by atoms with Crippen LogP contribution in [-0.4, -0.2) is 17.1 Å². The number of nitrogens with zero attached hydrogens (tertiary/aromatic N) is 1.